The van der Waals surface area contributed by atoms with Crippen molar-refractivity contribution in [2.24, 2.45) is 0 Å². The molecule has 4 nitrogen and oxygen atoms in total. The molecule has 2 heterocycles. The van der Waals surface area contributed by atoms with Gasteiger partial charge in [0.1, 0.15) is 5.75 Å². The Bertz CT molecular complexity index is 416. The quantitative estimate of drug-likeness (QED) is 0.758. The van der Waals surface area contributed by atoms with Gasteiger partial charge in [0, 0.05) is 19.6 Å². The van der Waals surface area contributed by atoms with Crippen molar-refractivity contribution in [1.82, 2.24) is 4.90 Å². The third kappa shape index (κ3) is 3.47. The molecule has 0 N–H and O–H groups in total. The van der Waals surface area contributed by atoms with Gasteiger partial charge >= 0.3 is 0 Å². The zero-order valence-electron chi connectivity index (χ0n) is 11.3. The minimum Gasteiger partial charge on any atom is -0.494 e. The summed E-state index contributed by atoms with van der Waals surface area (Å²) in [7, 11) is 0. The number of ether oxygens (including phenoxy) is 3. The molecular formula is C15H21NO3. The molecular weight excluding hydrogens is 242 g/mol. The Labute approximate surface area is 114 Å². The zero-order chi connectivity index (χ0) is 12.9. The van der Waals surface area contributed by atoms with Crippen molar-refractivity contribution < 1.29 is 14.2 Å². The van der Waals surface area contributed by atoms with Gasteiger partial charge in [0.05, 0.1) is 33.0 Å². The van der Waals surface area contributed by atoms with E-state index in [9.17, 15) is 0 Å². The van der Waals surface area contributed by atoms with Crippen LogP contribution in [-0.2, 0) is 22.7 Å². The van der Waals surface area contributed by atoms with Gasteiger partial charge in [-0.3, -0.25) is 4.90 Å². The molecule has 19 heavy (non-hydrogen) atoms. The van der Waals surface area contributed by atoms with Crippen LogP contribution in [0.2, 0.25) is 0 Å². The van der Waals surface area contributed by atoms with Crippen LogP contribution in [0.1, 0.15) is 17.5 Å². The minimum absolute atomic E-state index is 0.723. The minimum atomic E-state index is 0.723. The van der Waals surface area contributed by atoms with Crippen LogP contribution in [0, 0.1) is 0 Å². The van der Waals surface area contributed by atoms with E-state index in [-0.39, 0.29) is 0 Å². The van der Waals surface area contributed by atoms with E-state index in [0.29, 0.717) is 0 Å². The second kappa shape index (κ2) is 6.37. The van der Waals surface area contributed by atoms with Crippen LogP contribution >= 0.6 is 0 Å². The third-order valence-electron chi connectivity index (χ3n) is 3.68. The monoisotopic (exact) mass is 263 g/mol. The van der Waals surface area contributed by atoms with E-state index in [1.807, 2.05) is 6.07 Å². The highest BCUT2D eigenvalue weighted by molar-refractivity contribution is 5.36. The maximum atomic E-state index is 5.81. The molecule has 104 valence electrons. The van der Waals surface area contributed by atoms with Gasteiger partial charge in [-0.25, -0.2) is 0 Å². The largest absolute Gasteiger partial charge is 0.494 e. The summed E-state index contributed by atoms with van der Waals surface area (Å²) in [4.78, 5) is 2.43. The Morgan fingerprint density at radius 1 is 1.05 bits per heavy atom. The van der Waals surface area contributed by atoms with Crippen LogP contribution < -0.4 is 4.74 Å². The molecule has 1 aromatic rings. The summed E-state index contributed by atoms with van der Waals surface area (Å²) in [6.07, 6.45) is 1.06. The van der Waals surface area contributed by atoms with Crippen molar-refractivity contribution in [2.75, 3.05) is 39.5 Å². The third-order valence-corrected chi connectivity index (χ3v) is 3.68. The van der Waals surface area contributed by atoms with Crippen molar-refractivity contribution in [3.63, 3.8) is 0 Å². The summed E-state index contributed by atoms with van der Waals surface area (Å²) >= 11 is 0. The first kappa shape index (κ1) is 12.9. The molecule has 1 saturated heterocycles. The summed E-state index contributed by atoms with van der Waals surface area (Å²) in [5.74, 6) is 0.964. The number of hydrogen-bond donors (Lipinski definition) is 0. The van der Waals surface area contributed by atoms with E-state index in [1.54, 1.807) is 0 Å². The van der Waals surface area contributed by atoms with E-state index in [4.69, 9.17) is 14.2 Å². The molecule has 0 unspecified atom stereocenters. The summed E-state index contributed by atoms with van der Waals surface area (Å²) in [5.41, 5.74) is 2.56. The molecule has 1 aromatic carbocycles. The normalized spacial score (nSPS) is 19.4. The maximum Gasteiger partial charge on any atom is 0.119 e. The summed E-state index contributed by atoms with van der Waals surface area (Å²) in [6, 6.07) is 6.26. The Morgan fingerprint density at radius 2 is 1.89 bits per heavy atom. The number of benzene rings is 1. The summed E-state index contributed by atoms with van der Waals surface area (Å²) in [5, 5.41) is 0. The lowest BCUT2D eigenvalue weighted by atomic mass is 10.1. The van der Waals surface area contributed by atoms with Crippen molar-refractivity contribution in [1.29, 1.82) is 0 Å². The number of nitrogens with zero attached hydrogens (tertiary/aromatic N) is 1. The molecule has 0 amide bonds. The van der Waals surface area contributed by atoms with E-state index < -0.39 is 0 Å². The van der Waals surface area contributed by atoms with E-state index >= 15 is 0 Å². The Hall–Kier alpha value is -1.10. The Kier molecular flexibility index (Phi) is 4.33. The van der Waals surface area contributed by atoms with Gasteiger partial charge in [0.2, 0.25) is 0 Å². The zero-order valence-corrected chi connectivity index (χ0v) is 11.3. The topological polar surface area (TPSA) is 30.9 Å². The van der Waals surface area contributed by atoms with Gasteiger partial charge < -0.3 is 14.2 Å². The molecule has 0 aromatic heterocycles. The number of hydrogen-bond acceptors (Lipinski definition) is 4. The van der Waals surface area contributed by atoms with Gasteiger partial charge in [-0.1, -0.05) is 6.07 Å². The number of fused-ring (bicyclic) bond motifs is 1. The molecule has 3 rings (SSSR count). The molecule has 4 heteroatoms. The first-order valence-electron chi connectivity index (χ1n) is 7.04. The SMILES string of the molecule is c1cc2c(cc1OCCCN1CCOCC1)COC2. The van der Waals surface area contributed by atoms with E-state index in [2.05, 4.69) is 17.0 Å². The average molecular weight is 263 g/mol. The summed E-state index contributed by atoms with van der Waals surface area (Å²) in [6.45, 7) is 7.17. The van der Waals surface area contributed by atoms with Gasteiger partial charge in [0.15, 0.2) is 0 Å². The lowest BCUT2D eigenvalue weighted by Gasteiger charge is -2.26. The summed E-state index contributed by atoms with van der Waals surface area (Å²) < 4.78 is 16.5. The predicted molar refractivity (Wildman–Crippen MR) is 72.3 cm³/mol. The second-order valence-electron chi connectivity index (χ2n) is 5.08. The molecule has 0 radical (unpaired) electrons. The molecule has 0 atom stereocenters. The highest BCUT2D eigenvalue weighted by atomic mass is 16.5. The molecule has 0 aliphatic carbocycles. The van der Waals surface area contributed by atoms with Crippen molar-refractivity contribution in [3.05, 3.63) is 29.3 Å². The second-order valence-corrected chi connectivity index (χ2v) is 5.08. The van der Waals surface area contributed by atoms with Crippen LogP contribution in [0.5, 0.6) is 5.75 Å². The Morgan fingerprint density at radius 3 is 2.79 bits per heavy atom. The fraction of sp³-hybridized carbons (Fsp3) is 0.600. The molecule has 0 bridgehead atoms. The van der Waals surface area contributed by atoms with Crippen molar-refractivity contribution in [3.8, 4) is 5.75 Å². The van der Waals surface area contributed by atoms with Crippen LogP contribution in [0.15, 0.2) is 18.2 Å². The Balaban J connectivity index is 1.40. The lowest BCUT2D eigenvalue weighted by Crippen LogP contribution is -2.37. The number of rotatable bonds is 5. The molecule has 0 saturated carbocycles. The van der Waals surface area contributed by atoms with Crippen molar-refractivity contribution in [2.45, 2.75) is 19.6 Å². The van der Waals surface area contributed by atoms with Crippen molar-refractivity contribution >= 4 is 0 Å². The van der Waals surface area contributed by atoms with Gasteiger partial charge in [-0.15, -0.1) is 0 Å². The van der Waals surface area contributed by atoms with Gasteiger partial charge in [-0.2, -0.15) is 0 Å². The molecule has 0 spiro atoms. The fourth-order valence-corrected chi connectivity index (χ4v) is 2.54. The highest BCUT2D eigenvalue weighted by Gasteiger charge is 2.12. The van der Waals surface area contributed by atoms with Crippen LogP contribution in [-0.4, -0.2) is 44.4 Å². The molecule has 2 aliphatic rings. The standard InChI is InChI=1S/C15H21NO3/c1(4-16-5-8-17-9-6-16)7-19-15-3-2-13-11-18-12-14(13)10-15/h2-3,10H,1,4-9,11-12H2. The highest BCUT2D eigenvalue weighted by Crippen LogP contribution is 2.24. The smallest absolute Gasteiger partial charge is 0.119 e. The predicted octanol–water partition coefficient (Wildman–Crippen LogP) is 1.82. The van der Waals surface area contributed by atoms with Crippen LogP contribution in [0.4, 0.5) is 0 Å². The average Bonchev–Trinajstić information content (AvgIpc) is 2.92. The van der Waals surface area contributed by atoms with E-state index in [1.165, 1.54) is 11.1 Å². The van der Waals surface area contributed by atoms with Crippen LogP contribution in [0.25, 0.3) is 0 Å². The van der Waals surface area contributed by atoms with Crippen LogP contribution in [0.3, 0.4) is 0 Å². The first-order valence-corrected chi connectivity index (χ1v) is 7.04. The molecule has 2 aliphatic heterocycles. The molecule has 1 fully saturated rings. The van der Waals surface area contributed by atoms with Gasteiger partial charge in [0.25, 0.3) is 0 Å². The first-order chi connectivity index (χ1) is 9.42. The number of morpholine rings is 1. The fourth-order valence-electron chi connectivity index (χ4n) is 2.54. The maximum absolute atomic E-state index is 5.81. The van der Waals surface area contributed by atoms with Gasteiger partial charge in [-0.05, 0) is 29.7 Å². The van der Waals surface area contributed by atoms with E-state index in [0.717, 1.165) is 64.8 Å². The lowest BCUT2D eigenvalue weighted by molar-refractivity contribution is 0.0358.